The minimum atomic E-state index is -0.245. The molecule has 2 rings (SSSR count). The normalized spacial score (nSPS) is 11.9. The highest BCUT2D eigenvalue weighted by Crippen LogP contribution is 2.16. The monoisotopic (exact) mass is 305 g/mol. The number of hydrogen-bond acceptors (Lipinski definition) is 4. The van der Waals surface area contributed by atoms with Gasteiger partial charge >= 0.3 is 6.03 Å². The van der Waals surface area contributed by atoms with Crippen LogP contribution in [0.5, 0.6) is 0 Å². The number of hydrogen-bond donors (Lipinski definition) is 3. The minimum absolute atomic E-state index is 0.0216. The summed E-state index contributed by atoms with van der Waals surface area (Å²) in [5.41, 5.74) is 3.69. The summed E-state index contributed by atoms with van der Waals surface area (Å²) in [6, 6.07) is 9.19. The third-order valence-electron chi connectivity index (χ3n) is 3.18. The number of amides is 2. The molecule has 1 heterocycles. The molecule has 112 valence electrons. The van der Waals surface area contributed by atoms with Gasteiger partial charge < -0.3 is 15.7 Å². The maximum Gasteiger partial charge on any atom is 0.315 e. The zero-order valence-electron chi connectivity index (χ0n) is 11.9. The van der Waals surface area contributed by atoms with Crippen molar-refractivity contribution in [2.45, 2.75) is 25.9 Å². The average molecular weight is 305 g/mol. The van der Waals surface area contributed by atoms with E-state index in [9.17, 15) is 4.79 Å². The molecule has 0 spiro atoms. The average Bonchev–Trinajstić information content (AvgIpc) is 2.91. The summed E-state index contributed by atoms with van der Waals surface area (Å²) in [7, 11) is 0. The zero-order valence-corrected chi connectivity index (χ0v) is 12.7. The maximum absolute atomic E-state index is 12.0. The molecule has 0 saturated heterocycles. The Kier molecular flexibility index (Phi) is 5.71. The van der Waals surface area contributed by atoms with Crippen molar-refractivity contribution in [2.75, 3.05) is 6.61 Å². The van der Waals surface area contributed by atoms with Gasteiger partial charge in [-0.2, -0.15) is 0 Å². The summed E-state index contributed by atoms with van der Waals surface area (Å²) in [6.07, 6.45) is 0.483. The van der Waals surface area contributed by atoms with E-state index in [2.05, 4.69) is 15.6 Å². The molecule has 6 heteroatoms. The molecule has 0 aliphatic heterocycles. The van der Waals surface area contributed by atoms with Crippen molar-refractivity contribution in [1.29, 1.82) is 0 Å². The number of aryl methyl sites for hydroxylation is 1. The van der Waals surface area contributed by atoms with Gasteiger partial charge in [0.1, 0.15) is 0 Å². The van der Waals surface area contributed by atoms with Crippen LogP contribution in [0.3, 0.4) is 0 Å². The molecule has 2 aromatic rings. The molecule has 21 heavy (non-hydrogen) atoms. The smallest absolute Gasteiger partial charge is 0.315 e. The lowest BCUT2D eigenvalue weighted by Crippen LogP contribution is -2.37. The topological polar surface area (TPSA) is 74.2 Å². The largest absolute Gasteiger partial charge is 0.396 e. The van der Waals surface area contributed by atoms with Crippen LogP contribution in [0.15, 0.2) is 35.8 Å². The number of nitrogens with one attached hydrogen (secondary N) is 2. The van der Waals surface area contributed by atoms with Gasteiger partial charge in [-0.1, -0.05) is 30.3 Å². The van der Waals surface area contributed by atoms with Crippen LogP contribution in [0.1, 0.15) is 28.6 Å². The van der Waals surface area contributed by atoms with Crippen molar-refractivity contribution in [1.82, 2.24) is 15.6 Å². The van der Waals surface area contributed by atoms with E-state index in [1.165, 1.54) is 11.3 Å². The fraction of sp³-hybridized carbons (Fsp3) is 0.333. The Bertz CT molecular complexity index is 571. The van der Waals surface area contributed by atoms with Crippen molar-refractivity contribution in [3.8, 4) is 0 Å². The van der Waals surface area contributed by atoms with Crippen molar-refractivity contribution in [3.05, 3.63) is 52.0 Å². The number of aliphatic hydroxyl groups excluding tert-OH is 1. The highest BCUT2D eigenvalue weighted by atomic mass is 32.1. The lowest BCUT2D eigenvalue weighted by molar-refractivity contribution is 0.229. The van der Waals surface area contributed by atoms with Crippen LogP contribution >= 0.6 is 11.3 Å². The first-order valence-electron chi connectivity index (χ1n) is 6.80. The van der Waals surface area contributed by atoms with Gasteiger partial charge in [0.05, 0.1) is 23.8 Å². The summed E-state index contributed by atoms with van der Waals surface area (Å²) in [5, 5.41) is 14.9. The van der Waals surface area contributed by atoms with E-state index in [-0.39, 0.29) is 18.7 Å². The van der Waals surface area contributed by atoms with Crippen LogP contribution in [0, 0.1) is 6.92 Å². The number of rotatable bonds is 6. The van der Waals surface area contributed by atoms with E-state index in [1.54, 1.807) is 5.51 Å². The molecule has 0 radical (unpaired) electrons. The van der Waals surface area contributed by atoms with Gasteiger partial charge in [-0.15, -0.1) is 11.3 Å². The van der Waals surface area contributed by atoms with Gasteiger partial charge in [0.25, 0.3) is 0 Å². The van der Waals surface area contributed by atoms with Crippen molar-refractivity contribution in [2.24, 2.45) is 0 Å². The Morgan fingerprint density at radius 2 is 2.14 bits per heavy atom. The molecule has 1 atom stereocenters. The molecular weight excluding hydrogens is 286 g/mol. The Morgan fingerprint density at radius 3 is 2.76 bits per heavy atom. The van der Waals surface area contributed by atoms with Crippen LogP contribution in [0.2, 0.25) is 0 Å². The summed E-state index contributed by atoms with van der Waals surface area (Å²) in [5.74, 6) is 0. The maximum atomic E-state index is 12.0. The third-order valence-corrected chi connectivity index (χ3v) is 4.11. The van der Waals surface area contributed by atoms with E-state index in [0.29, 0.717) is 13.0 Å². The molecule has 0 saturated carbocycles. The second-order valence-electron chi connectivity index (χ2n) is 4.66. The SMILES string of the molecule is Cc1ncsc1CNC(=O)N[C@H](CCO)c1ccccc1. The van der Waals surface area contributed by atoms with Gasteiger partial charge in [-0.05, 0) is 18.9 Å². The molecule has 0 bridgehead atoms. The fourth-order valence-electron chi connectivity index (χ4n) is 2.00. The van der Waals surface area contributed by atoms with E-state index < -0.39 is 0 Å². The van der Waals surface area contributed by atoms with Crippen LogP contribution in [-0.2, 0) is 6.54 Å². The molecular formula is C15H19N3O2S. The second kappa shape index (κ2) is 7.75. The van der Waals surface area contributed by atoms with Gasteiger partial charge in [-0.3, -0.25) is 0 Å². The Hall–Kier alpha value is -1.92. The van der Waals surface area contributed by atoms with E-state index in [0.717, 1.165) is 16.1 Å². The van der Waals surface area contributed by atoms with E-state index >= 15 is 0 Å². The number of benzene rings is 1. The van der Waals surface area contributed by atoms with Crippen LogP contribution < -0.4 is 10.6 Å². The summed E-state index contributed by atoms with van der Waals surface area (Å²) >= 11 is 1.52. The Balaban J connectivity index is 1.91. The number of aliphatic hydroxyl groups is 1. The van der Waals surface area contributed by atoms with Crippen LogP contribution in [0.25, 0.3) is 0 Å². The number of carbonyl (C=O) groups excluding carboxylic acids is 1. The summed E-state index contributed by atoms with van der Waals surface area (Å²) in [4.78, 5) is 17.2. The van der Waals surface area contributed by atoms with Gasteiger partial charge in [-0.25, -0.2) is 9.78 Å². The lowest BCUT2D eigenvalue weighted by atomic mass is 10.0. The van der Waals surface area contributed by atoms with Crippen LogP contribution in [-0.4, -0.2) is 22.7 Å². The predicted molar refractivity (Wildman–Crippen MR) is 83.1 cm³/mol. The van der Waals surface area contributed by atoms with E-state index in [4.69, 9.17) is 5.11 Å². The molecule has 0 aliphatic rings. The third kappa shape index (κ3) is 4.54. The first-order valence-corrected chi connectivity index (χ1v) is 7.68. The quantitative estimate of drug-likeness (QED) is 0.767. The highest BCUT2D eigenvalue weighted by Gasteiger charge is 2.14. The minimum Gasteiger partial charge on any atom is -0.396 e. The molecule has 0 unspecified atom stereocenters. The Morgan fingerprint density at radius 1 is 1.38 bits per heavy atom. The molecule has 5 nitrogen and oxygen atoms in total. The first kappa shape index (κ1) is 15.5. The van der Waals surface area contributed by atoms with Crippen molar-refractivity contribution < 1.29 is 9.90 Å². The first-order chi connectivity index (χ1) is 10.2. The van der Waals surface area contributed by atoms with Gasteiger partial charge in [0.2, 0.25) is 0 Å². The van der Waals surface area contributed by atoms with Crippen molar-refractivity contribution in [3.63, 3.8) is 0 Å². The number of nitrogens with zero attached hydrogens (tertiary/aromatic N) is 1. The Labute approximate surface area is 128 Å². The van der Waals surface area contributed by atoms with Gasteiger partial charge in [0, 0.05) is 11.5 Å². The summed E-state index contributed by atoms with van der Waals surface area (Å²) < 4.78 is 0. The number of carbonyl (C=O) groups is 1. The molecule has 0 aliphatic carbocycles. The fourth-order valence-corrected chi connectivity index (χ4v) is 2.72. The number of urea groups is 1. The van der Waals surface area contributed by atoms with Crippen molar-refractivity contribution >= 4 is 17.4 Å². The highest BCUT2D eigenvalue weighted by molar-refractivity contribution is 7.09. The molecule has 1 aromatic heterocycles. The van der Waals surface area contributed by atoms with Gasteiger partial charge in [0.15, 0.2) is 0 Å². The lowest BCUT2D eigenvalue weighted by Gasteiger charge is -2.18. The molecule has 3 N–H and O–H groups in total. The number of aromatic nitrogens is 1. The molecule has 2 amide bonds. The molecule has 0 fully saturated rings. The zero-order chi connectivity index (χ0) is 15.1. The standard InChI is InChI=1S/C15H19N3O2S/c1-11-14(21-10-17-11)9-16-15(20)18-13(7-8-19)12-5-3-2-4-6-12/h2-6,10,13,19H,7-9H2,1H3,(H2,16,18,20)/t13-/m1/s1. The van der Waals surface area contributed by atoms with E-state index in [1.807, 2.05) is 37.3 Å². The second-order valence-corrected chi connectivity index (χ2v) is 5.60. The van der Waals surface area contributed by atoms with Crippen LogP contribution in [0.4, 0.5) is 4.79 Å². The molecule has 1 aromatic carbocycles. The number of thiazole rings is 1. The predicted octanol–water partition coefficient (Wildman–Crippen LogP) is 2.37. The summed E-state index contributed by atoms with van der Waals surface area (Å²) in [6.45, 7) is 2.40.